The van der Waals surface area contributed by atoms with E-state index in [1.54, 1.807) is 7.11 Å². The molecular formula is C23H25Cl2NO3. The molecule has 0 aliphatic heterocycles. The highest BCUT2D eigenvalue weighted by Gasteiger charge is 2.13. The number of nitrogens with one attached hydrogen (secondary N) is 1. The molecule has 29 heavy (non-hydrogen) atoms. The molecule has 0 spiro atoms. The second-order valence-corrected chi connectivity index (χ2v) is 6.85. The van der Waals surface area contributed by atoms with Crippen molar-refractivity contribution >= 4 is 24.0 Å². The van der Waals surface area contributed by atoms with E-state index >= 15 is 0 Å². The van der Waals surface area contributed by atoms with E-state index in [0.29, 0.717) is 36.2 Å². The summed E-state index contributed by atoms with van der Waals surface area (Å²) in [7, 11) is 1.59. The number of hydrogen-bond donors (Lipinski definition) is 2. The fraction of sp³-hybridized carbons (Fsp3) is 0.217. The third-order valence-electron chi connectivity index (χ3n) is 4.37. The fourth-order valence-corrected chi connectivity index (χ4v) is 3.18. The maximum Gasteiger partial charge on any atom is 0.180 e. The molecule has 3 rings (SSSR count). The average Bonchev–Trinajstić information content (AvgIpc) is 2.74. The van der Waals surface area contributed by atoms with Crippen LogP contribution < -0.4 is 14.8 Å². The summed E-state index contributed by atoms with van der Waals surface area (Å²) < 4.78 is 11.3. The van der Waals surface area contributed by atoms with Crippen molar-refractivity contribution < 1.29 is 14.6 Å². The first kappa shape index (κ1) is 23.0. The average molecular weight is 434 g/mol. The second kappa shape index (κ2) is 11.7. The summed E-state index contributed by atoms with van der Waals surface area (Å²) in [6, 6.07) is 23.2. The maximum absolute atomic E-state index is 10.2. The van der Waals surface area contributed by atoms with Crippen molar-refractivity contribution in [2.45, 2.75) is 19.3 Å². The minimum absolute atomic E-state index is 0. The summed E-state index contributed by atoms with van der Waals surface area (Å²) in [4.78, 5) is 0. The molecule has 0 fully saturated rings. The predicted octanol–water partition coefficient (Wildman–Crippen LogP) is 5.17. The zero-order valence-corrected chi connectivity index (χ0v) is 17.7. The van der Waals surface area contributed by atoms with Crippen LogP contribution in [0.5, 0.6) is 11.5 Å². The van der Waals surface area contributed by atoms with E-state index in [2.05, 4.69) is 5.32 Å². The van der Waals surface area contributed by atoms with Gasteiger partial charge >= 0.3 is 0 Å². The van der Waals surface area contributed by atoms with Crippen LogP contribution in [0.3, 0.4) is 0 Å². The molecule has 0 saturated heterocycles. The van der Waals surface area contributed by atoms with Gasteiger partial charge in [0.05, 0.1) is 18.2 Å². The van der Waals surface area contributed by atoms with E-state index in [4.69, 9.17) is 21.1 Å². The van der Waals surface area contributed by atoms with Crippen LogP contribution in [0.15, 0.2) is 72.8 Å². The van der Waals surface area contributed by atoms with Crippen molar-refractivity contribution in [1.82, 2.24) is 5.32 Å². The molecule has 2 N–H and O–H groups in total. The third-order valence-corrected chi connectivity index (χ3v) is 4.65. The summed E-state index contributed by atoms with van der Waals surface area (Å²) in [6.07, 6.45) is -0.563. The number of aliphatic hydroxyl groups is 1. The highest BCUT2D eigenvalue weighted by Crippen LogP contribution is 2.37. The zero-order valence-electron chi connectivity index (χ0n) is 16.2. The second-order valence-electron chi connectivity index (χ2n) is 6.44. The molecule has 1 unspecified atom stereocenters. The molecule has 1 atom stereocenters. The van der Waals surface area contributed by atoms with E-state index in [-0.39, 0.29) is 12.4 Å². The lowest BCUT2D eigenvalue weighted by molar-refractivity contribution is 0.174. The SMILES string of the molecule is COc1cc(CNCC(O)c2ccccc2)cc(Cl)c1OCc1ccccc1.Cl. The van der Waals surface area contributed by atoms with Crippen LogP contribution in [0.4, 0.5) is 0 Å². The number of halogens is 2. The molecule has 0 heterocycles. The van der Waals surface area contributed by atoms with Gasteiger partial charge in [-0.3, -0.25) is 0 Å². The third kappa shape index (κ3) is 6.65. The van der Waals surface area contributed by atoms with Crippen LogP contribution in [0.25, 0.3) is 0 Å². The van der Waals surface area contributed by atoms with Gasteiger partial charge in [-0.15, -0.1) is 12.4 Å². The lowest BCUT2D eigenvalue weighted by atomic mass is 10.1. The van der Waals surface area contributed by atoms with Gasteiger partial charge in [0.25, 0.3) is 0 Å². The van der Waals surface area contributed by atoms with Crippen molar-refractivity contribution in [2.24, 2.45) is 0 Å². The van der Waals surface area contributed by atoms with Crippen LogP contribution in [-0.4, -0.2) is 18.8 Å². The van der Waals surface area contributed by atoms with Crippen molar-refractivity contribution in [3.8, 4) is 11.5 Å². The van der Waals surface area contributed by atoms with Gasteiger partial charge in [-0.1, -0.05) is 72.3 Å². The Balaban J connectivity index is 0.00000300. The van der Waals surface area contributed by atoms with E-state index < -0.39 is 6.10 Å². The highest BCUT2D eigenvalue weighted by atomic mass is 35.5. The Morgan fingerprint density at radius 2 is 1.62 bits per heavy atom. The van der Waals surface area contributed by atoms with Gasteiger partial charge in [0, 0.05) is 13.1 Å². The van der Waals surface area contributed by atoms with Gasteiger partial charge in [0.2, 0.25) is 0 Å². The van der Waals surface area contributed by atoms with Gasteiger partial charge in [0.1, 0.15) is 6.61 Å². The monoisotopic (exact) mass is 433 g/mol. The standard InChI is InChI=1S/C23H24ClNO3.ClH/c1-27-22-13-18(14-25-15-21(26)19-10-6-3-7-11-19)12-20(24)23(22)28-16-17-8-4-2-5-9-17;/h2-13,21,25-26H,14-16H2,1H3;1H. The van der Waals surface area contributed by atoms with E-state index in [1.807, 2.05) is 72.8 Å². The Bertz CT molecular complexity index is 876. The Kier molecular flexibility index (Phi) is 9.29. The molecule has 0 amide bonds. The maximum atomic E-state index is 10.2. The summed E-state index contributed by atoms with van der Waals surface area (Å²) in [6.45, 7) is 1.41. The van der Waals surface area contributed by atoms with E-state index in [1.165, 1.54) is 0 Å². The van der Waals surface area contributed by atoms with Crippen LogP contribution in [0.2, 0.25) is 5.02 Å². The summed E-state index contributed by atoms with van der Waals surface area (Å²) in [5.41, 5.74) is 2.89. The zero-order chi connectivity index (χ0) is 19.8. The highest BCUT2D eigenvalue weighted by molar-refractivity contribution is 6.32. The lowest BCUT2D eigenvalue weighted by Crippen LogP contribution is -2.21. The van der Waals surface area contributed by atoms with Crippen LogP contribution >= 0.6 is 24.0 Å². The lowest BCUT2D eigenvalue weighted by Gasteiger charge is -2.16. The molecule has 3 aromatic carbocycles. The van der Waals surface area contributed by atoms with Crippen LogP contribution in [0, 0.1) is 0 Å². The number of aliphatic hydroxyl groups excluding tert-OH is 1. The summed E-state index contributed by atoms with van der Waals surface area (Å²) >= 11 is 6.43. The molecule has 0 aromatic heterocycles. The van der Waals surface area contributed by atoms with Crippen molar-refractivity contribution in [1.29, 1.82) is 0 Å². The van der Waals surface area contributed by atoms with E-state index in [9.17, 15) is 5.11 Å². The Hall–Kier alpha value is -2.24. The number of benzene rings is 3. The first-order valence-corrected chi connectivity index (χ1v) is 9.52. The van der Waals surface area contributed by atoms with Crippen molar-refractivity contribution in [3.63, 3.8) is 0 Å². The number of rotatable bonds is 9. The Morgan fingerprint density at radius 3 is 2.28 bits per heavy atom. The quantitative estimate of drug-likeness (QED) is 0.488. The Morgan fingerprint density at radius 1 is 0.966 bits per heavy atom. The number of hydrogen-bond acceptors (Lipinski definition) is 4. The molecular weight excluding hydrogens is 409 g/mol. The molecule has 6 heteroatoms. The molecule has 0 aliphatic carbocycles. The van der Waals surface area contributed by atoms with Crippen LogP contribution in [-0.2, 0) is 13.2 Å². The molecule has 4 nitrogen and oxygen atoms in total. The minimum Gasteiger partial charge on any atom is -0.493 e. The number of methoxy groups -OCH3 is 1. The molecule has 0 aliphatic rings. The topological polar surface area (TPSA) is 50.7 Å². The van der Waals surface area contributed by atoms with Gasteiger partial charge < -0.3 is 19.9 Å². The number of ether oxygens (including phenoxy) is 2. The molecule has 0 radical (unpaired) electrons. The van der Waals surface area contributed by atoms with Crippen LogP contribution in [0.1, 0.15) is 22.8 Å². The van der Waals surface area contributed by atoms with Crippen molar-refractivity contribution in [3.05, 3.63) is 94.5 Å². The van der Waals surface area contributed by atoms with Gasteiger partial charge in [-0.05, 0) is 28.8 Å². The first-order chi connectivity index (χ1) is 13.7. The van der Waals surface area contributed by atoms with Gasteiger partial charge in [-0.2, -0.15) is 0 Å². The summed E-state index contributed by atoms with van der Waals surface area (Å²) in [5.74, 6) is 1.12. The van der Waals surface area contributed by atoms with E-state index in [0.717, 1.165) is 16.7 Å². The largest absolute Gasteiger partial charge is 0.493 e. The molecule has 154 valence electrons. The fourth-order valence-electron chi connectivity index (χ4n) is 2.89. The van der Waals surface area contributed by atoms with Gasteiger partial charge in [0.15, 0.2) is 11.5 Å². The minimum atomic E-state index is -0.563. The molecule has 0 saturated carbocycles. The first-order valence-electron chi connectivity index (χ1n) is 9.14. The smallest absolute Gasteiger partial charge is 0.180 e. The Labute approximate surface area is 182 Å². The molecule has 3 aromatic rings. The van der Waals surface area contributed by atoms with Crippen molar-refractivity contribution in [2.75, 3.05) is 13.7 Å². The molecule has 0 bridgehead atoms. The summed E-state index contributed by atoms with van der Waals surface area (Å²) in [5, 5.41) is 14.0. The normalized spacial score (nSPS) is 11.4. The predicted molar refractivity (Wildman–Crippen MR) is 119 cm³/mol. The van der Waals surface area contributed by atoms with Gasteiger partial charge in [-0.25, -0.2) is 0 Å².